The Bertz CT molecular complexity index is 2450. The standard InChI is InChI=1S/C43H30N2/c1-43(2)36-18-6-5-16-35(36)42-40(43)38(39-33-15-4-3-10-28(33)23-24-37(39)45-42)29-21-19-27(20-22-29)31-12-7-13-32(26-31)34-17-8-11-30-14-9-25-44-41(30)34/h3-26H,1-2H3. The molecule has 212 valence electrons. The summed E-state index contributed by atoms with van der Waals surface area (Å²) in [5.41, 5.74) is 14.1. The second-order valence-corrected chi connectivity index (χ2v) is 12.6. The normalized spacial score (nSPS) is 13.3. The lowest BCUT2D eigenvalue weighted by Crippen LogP contribution is -2.16. The van der Waals surface area contributed by atoms with Gasteiger partial charge in [0.2, 0.25) is 0 Å². The maximum Gasteiger partial charge on any atom is 0.0780 e. The number of benzene rings is 6. The lowest BCUT2D eigenvalue weighted by atomic mass is 9.78. The molecule has 2 nitrogen and oxygen atoms in total. The number of hydrogen-bond donors (Lipinski definition) is 0. The van der Waals surface area contributed by atoms with E-state index in [1.165, 1.54) is 60.7 Å². The van der Waals surface area contributed by atoms with Crippen LogP contribution in [0.15, 0.2) is 146 Å². The van der Waals surface area contributed by atoms with Crippen LogP contribution in [-0.2, 0) is 5.41 Å². The van der Waals surface area contributed by atoms with Gasteiger partial charge in [0, 0.05) is 33.5 Å². The molecule has 45 heavy (non-hydrogen) atoms. The fourth-order valence-electron chi connectivity index (χ4n) is 7.53. The molecule has 0 saturated carbocycles. The maximum absolute atomic E-state index is 5.35. The predicted octanol–water partition coefficient (Wildman–Crippen LogP) is 11.2. The molecule has 1 aliphatic rings. The van der Waals surface area contributed by atoms with Gasteiger partial charge in [-0.05, 0) is 67.9 Å². The summed E-state index contributed by atoms with van der Waals surface area (Å²) in [6, 6.07) is 50.4. The first-order chi connectivity index (χ1) is 22.1. The first-order valence-corrected chi connectivity index (χ1v) is 15.6. The van der Waals surface area contributed by atoms with Crippen molar-refractivity contribution in [3.63, 3.8) is 0 Å². The minimum Gasteiger partial charge on any atom is -0.256 e. The molecule has 0 saturated heterocycles. The minimum atomic E-state index is -0.182. The van der Waals surface area contributed by atoms with Gasteiger partial charge in [-0.25, -0.2) is 4.98 Å². The minimum absolute atomic E-state index is 0.182. The van der Waals surface area contributed by atoms with Crippen molar-refractivity contribution >= 4 is 32.6 Å². The Morgan fingerprint density at radius 3 is 2.16 bits per heavy atom. The van der Waals surface area contributed by atoms with Crippen molar-refractivity contribution in [3.05, 3.63) is 157 Å². The third kappa shape index (κ3) is 3.89. The highest BCUT2D eigenvalue weighted by Crippen LogP contribution is 2.54. The second kappa shape index (κ2) is 9.70. The number of rotatable bonds is 3. The highest BCUT2D eigenvalue weighted by Gasteiger charge is 2.39. The van der Waals surface area contributed by atoms with E-state index in [0.717, 1.165) is 27.7 Å². The molecule has 6 aromatic carbocycles. The quantitative estimate of drug-likeness (QED) is 0.196. The van der Waals surface area contributed by atoms with Gasteiger partial charge in [-0.2, -0.15) is 0 Å². The van der Waals surface area contributed by atoms with Gasteiger partial charge in [-0.3, -0.25) is 4.98 Å². The van der Waals surface area contributed by atoms with Gasteiger partial charge >= 0.3 is 0 Å². The number of hydrogen-bond acceptors (Lipinski definition) is 2. The van der Waals surface area contributed by atoms with Crippen LogP contribution in [0.5, 0.6) is 0 Å². The average molecular weight is 575 g/mol. The summed E-state index contributed by atoms with van der Waals surface area (Å²) in [4.78, 5) is 10.1. The van der Waals surface area contributed by atoms with Crippen LogP contribution in [-0.4, -0.2) is 9.97 Å². The molecule has 0 bridgehead atoms. The lowest BCUT2D eigenvalue weighted by molar-refractivity contribution is 0.662. The average Bonchev–Trinajstić information content (AvgIpc) is 3.33. The summed E-state index contributed by atoms with van der Waals surface area (Å²) in [7, 11) is 0. The number of para-hydroxylation sites is 1. The van der Waals surface area contributed by atoms with Crippen LogP contribution >= 0.6 is 0 Å². The molecule has 0 N–H and O–H groups in total. The van der Waals surface area contributed by atoms with Crippen molar-refractivity contribution in [2.45, 2.75) is 19.3 Å². The van der Waals surface area contributed by atoms with Crippen LogP contribution in [0.3, 0.4) is 0 Å². The van der Waals surface area contributed by atoms with E-state index in [2.05, 4.69) is 147 Å². The summed E-state index contributed by atoms with van der Waals surface area (Å²) in [5.74, 6) is 0. The third-order valence-electron chi connectivity index (χ3n) is 9.67. The van der Waals surface area contributed by atoms with Gasteiger partial charge in [0.15, 0.2) is 0 Å². The van der Waals surface area contributed by atoms with Crippen LogP contribution in [0.25, 0.3) is 77.2 Å². The Hall–Kier alpha value is -5.60. The van der Waals surface area contributed by atoms with Crippen LogP contribution in [0, 0.1) is 0 Å². The molecule has 0 spiro atoms. The molecule has 0 aliphatic heterocycles. The van der Waals surface area contributed by atoms with Gasteiger partial charge in [0.1, 0.15) is 0 Å². The summed E-state index contributed by atoms with van der Waals surface area (Å²) in [6.07, 6.45) is 1.87. The Morgan fingerprint density at radius 2 is 1.24 bits per heavy atom. The molecular formula is C43H30N2. The van der Waals surface area contributed by atoms with E-state index in [9.17, 15) is 0 Å². The van der Waals surface area contributed by atoms with Gasteiger partial charge in [0.25, 0.3) is 0 Å². The molecule has 0 fully saturated rings. The van der Waals surface area contributed by atoms with Crippen LogP contribution < -0.4 is 0 Å². The van der Waals surface area contributed by atoms with Crippen molar-refractivity contribution in [3.8, 4) is 44.6 Å². The maximum atomic E-state index is 5.35. The van der Waals surface area contributed by atoms with E-state index >= 15 is 0 Å². The molecular weight excluding hydrogens is 544 g/mol. The van der Waals surface area contributed by atoms with Gasteiger partial charge in [0.05, 0.1) is 16.7 Å². The van der Waals surface area contributed by atoms with Crippen molar-refractivity contribution < 1.29 is 0 Å². The largest absolute Gasteiger partial charge is 0.256 e. The third-order valence-corrected chi connectivity index (χ3v) is 9.67. The van der Waals surface area contributed by atoms with E-state index in [1.807, 2.05) is 12.3 Å². The number of fused-ring (bicyclic) bond motifs is 7. The molecule has 2 heteroatoms. The lowest BCUT2D eigenvalue weighted by Gasteiger charge is -2.25. The van der Waals surface area contributed by atoms with E-state index < -0.39 is 0 Å². The van der Waals surface area contributed by atoms with Crippen LogP contribution in [0.2, 0.25) is 0 Å². The Morgan fingerprint density at radius 1 is 0.533 bits per heavy atom. The zero-order valence-corrected chi connectivity index (χ0v) is 25.3. The van der Waals surface area contributed by atoms with E-state index in [-0.39, 0.29) is 5.41 Å². The molecule has 0 unspecified atom stereocenters. The van der Waals surface area contributed by atoms with E-state index in [1.54, 1.807) is 0 Å². The number of aromatic nitrogens is 2. The molecule has 8 aromatic rings. The zero-order chi connectivity index (χ0) is 30.1. The van der Waals surface area contributed by atoms with E-state index in [4.69, 9.17) is 9.97 Å². The molecule has 0 radical (unpaired) electrons. The first kappa shape index (κ1) is 25.9. The molecule has 2 aromatic heterocycles. The van der Waals surface area contributed by atoms with Crippen molar-refractivity contribution in [1.29, 1.82) is 0 Å². The molecule has 2 heterocycles. The van der Waals surface area contributed by atoms with Crippen molar-refractivity contribution in [2.75, 3.05) is 0 Å². The molecule has 9 rings (SSSR count). The van der Waals surface area contributed by atoms with E-state index in [0.29, 0.717) is 0 Å². The highest BCUT2D eigenvalue weighted by atomic mass is 14.7. The summed E-state index contributed by atoms with van der Waals surface area (Å²) in [6.45, 7) is 4.70. The molecule has 0 atom stereocenters. The molecule has 0 amide bonds. The van der Waals surface area contributed by atoms with Crippen LogP contribution in [0.1, 0.15) is 25.0 Å². The Balaban J connectivity index is 1.24. The SMILES string of the molecule is CC1(C)c2ccccc2-c2nc3ccc4ccccc4c3c(-c3ccc(-c4cccc(-c5cccc6cccnc56)c4)cc3)c21. The predicted molar refractivity (Wildman–Crippen MR) is 188 cm³/mol. The summed E-state index contributed by atoms with van der Waals surface area (Å²) < 4.78 is 0. The van der Waals surface area contributed by atoms with Gasteiger partial charge < -0.3 is 0 Å². The summed E-state index contributed by atoms with van der Waals surface area (Å²) >= 11 is 0. The highest BCUT2D eigenvalue weighted by molar-refractivity contribution is 6.15. The number of nitrogens with zero attached hydrogens (tertiary/aromatic N) is 2. The molecule has 1 aliphatic carbocycles. The topological polar surface area (TPSA) is 25.8 Å². The Labute approximate surface area is 262 Å². The second-order valence-electron chi connectivity index (χ2n) is 12.6. The first-order valence-electron chi connectivity index (χ1n) is 15.6. The fourth-order valence-corrected chi connectivity index (χ4v) is 7.53. The monoisotopic (exact) mass is 574 g/mol. The van der Waals surface area contributed by atoms with Gasteiger partial charge in [-0.15, -0.1) is 0 Å². The fraction of sp³-hybridized carbons (Fsp3) is 0.0698. The van der Waals surface area contributed by atoms with Crippen molar-refractivity contribution in [2.24, 2.45) is 0 Å². The summed E-state index contributed by atoms with van der Waals surface area (Å²) in [5, 5.41) is 4.86. The van der Waals surface area contributed by atoms with Gasteiger partial charge in [-0.1, -0.05) is 135 Å². The van der Waals surface area contributed by atoms with Crippen molar-refractivity contribution in [1.82, 2.24) is 9.97 Å². The Kier molecular flexibility index (Phi) is 5.58. The van der Waals surface area contributed by atoms with Crippen LogP contribution in [0.4, 0.5) is 0 Å². The zero-order valence-electron chi connectivity index (χ0n) is 25.3. The number of pyridine rings is 2. The smallest absolute Gasteiger partial charge is 0.0780 e.